The van der Waals surface area contributed by atoms with Crippen molar-refractivity contribution >= 4 is 38.7 Å². The molecule has 0 unspecified atom stereocenters. The summed E-state index contributed by atoms with van der Waals surface area (Å²) in [6.07, 6.45) is 6.24. The molecule has 2 aromatic carbocycles. The minimum atomic E-state index is 1.18. The third-order valence-electron chi connectivity index (χ3n) is 6.26. The number of anilines is 1. The van der Waals surface area contributed by atoms with Gasteiger partial charge < -0.3 is 4.90 Å². The van der Waals surface area contributed by atoms with E-state index in [0.29, 0.717) is 0 Å². The fourth-order valence-corrected chi connectivity index (χ4v) is 4.82. The summed E-state index contributed by atoms with van der Waals surface area (Å²) >= 11 is 0. The molecule has 0 bridgehead atoms. The lowest BCUT2D eigenvalue weighted by atomic mass is 10.1. The van der Waals surface area contributed by atoms with Gasteiger partial charge in [-0.25, -0.2) is 0 Å². The monoisotopic (exact) mass is 366 g/mol. The Hall–Kier alpha value is -3.07. The van der Waals surface area contributed by atoms with Gasteiger partial charge in [0.05, 0.1) is 0 Å². The summed E-state index contributed by atoms with van der Waals surface area (Å²) in [5, 5.41) is 2.59. The van der Waals surface area contributed by atoms with Gasteiger partial charge >= 0.3 is 0 Å². The third-order valence-corrected chi connectivity index (χ3v) is 6.26. The molecule has 0 radical (unpaired) electrons. The molecule has 1 aliphatic heterocycles. The van der Waals surface area contributed by atoms with Gasteiger partial charge in [-0.15, -0.1) is 0 Å². The molecule has 0 spiro atoms. The van der Waals surface area contributed by atoms with Crippen LogP contribution in [0.2, 0.25) is 0 Å². The molecular formula is C25H24N3+. The Kier molecular flexibility index (Phi) is 3.39. The van der Waals surface area contributed by atoms with E-state index in [1.807, 2.05) is 0 Å². The second kappa shape index (κ2) is 5.96. The van der Waals surface area contributed by atoms with Crippen LogP contribution in [0.1, 0.15) is 24.8 Å². The molecular weight excluding hydrogens is 342 g/mol. The molecule has 0 atom stereocenters. The molecule has 0 aliphatic carbocycles. The summed E-state index contributed by atoms with van der Waals surface area (Å²) in [4.78, 5) is 2.53. The van der Waals surface area contributed by atoms with E-state index >= 15 is 0 Å². The Morgan fingerprint density at radius 2 is 1.64 bits per heavy atom. The number of hydrogen-bond donors (Lipinski definition) is 0. The molecule has 5 aromatic rings. The van der Waals surface area contributed by atoms with Gasteiger partial charge in [-0.3, -0.25) is 0 Å². The Morgan fingerprint density at radius 1 is 0.786 bits per heavy atom. The number of imidazole rings is 1. The van der Waals surface area contributed by atoms with E-state index in [1.165, 1.54) is 76.6 Å². The molecule has 28 heavy (non-hydrogen) atoms. The van der Waals surface area contributed by atoms with Gasteiger partial charge in [0.2, 0.25) is 0 Å². The van der Waals surface area contributed by atoms with Crippen molar-refractivity contribution in [1.82, 2.24) is 4.40 Å². The van der Waals surface area contributed by atoms with Crippen LogP contribution in [0.25, 0.3) is 33.0 Å². The van der Waals surface area contributed by atoms with Crippen LogP contribution in [0.3, 0.4) is 0 Å². The number of rotatable bonds is 1. The molecule has 6 rings (SSSR count). The summed E-state index contributed by atoms with van der Waals surface area (Å²) in [6.45, 7) is 4.51. The third kappa shape index (κ3) is 2.32. The molecule has 1 saturated heterocycles. The molecule has 138 valence electrons. The predicted molar refractivity (Wildman–Crippen MR) is 116 cm³/mol. The Balaban J connectivity index is 1.61. The maximum atomic E-state index is 2.53. The fourth-order valence-electron chi connectivity index (χ4n) is 4.82. The molecule has 0 N–H and O–H groups in total. The van der Waals surface area contributed by atoms with Crippen molar-refractivity contribution in [1.29, 1.82) is 0 Å². The Labute approximate surface area is 164 Å². The lowest BCUT2D eigenvalue weighted by Crippen LogP contribution is -2.29. The van der Waals surface area contributed by atoms with E-state index in [-0.39, 0.29) is 0 Å². The van der Waals surface area contributed by atoms with Gasteiger partial charge in [-0.05, 0) is 74.7 Å². The van der Waals surface area contributed by atoms with Gasteiger partial charge in [0.15, 0.2) is 5.52 Å². The number of fused-ring (bicyclic) bond motifs is 7. The van der Waals surface area contributed by atoms with E-state index in [2.05, 4.69) is 87.5 Å². The quantitative estimate of drug-likeness (QED) is 0.367. The number of aryl methyl sites for hydroxylation is 1. The lowest BCUT2D eigenvalue weighted by Gasteiger charge is -2.28. The molecule has 4 heterocycles. The predicted octanol–water partition coefficient (Wildman–Crippen LogP) is 5.28. The molecule has 0 amide bonds. The number of aromatic nitrogens is 2. The fraction of sp³-hybridized carbons (Fsp3) is 0.240. The van der Waals surface area contributed by atoms with Gasteiger partial charge in [0.1, 0.15) is 17.2 Å². The molecule has 0 saturated carbocycles. The highest BCUT2D eigenvalue weighted by atomic mass is 15.1. The van der Waals surface area contributed by atoms with Crippen LogP contribution in [-0.4, -0.2) is 17.5 Å². The molecule has 3 nitrogen and oxygen atoms in total. The minimum absolute atomic E-state index is 1.18. The van der Waals surface area contributed by atoms with Gasteiger partial charge in [-0.1, -0.05) is 11.6 Å². The summed E-state index contributed by atoms with van der Waals surface area (Å²) < 4.78 is 4.71. The first-order valence-corrected chi connectivity index (χ1v) is 10.3. The standard InChI is InChI=1S/C25H24N3/c1-18-5-10-23-19(15-18)7-12-25-27(23)17-22-8-6-20-16-21(9-11-24(20)28(22)25)26-13-3-2-4-14-26/h5-12,15-17H,2-4,13-14H2,1H3/q+1. The second-order valence-corrected chi connectivity index (χ2v) is 8.14. The van der Waals surface area contributed by atoms with Crippen molar-refractivity contribution < 1.29 is 4.40 Å². The van der Waals surface area contributed by atoms with Crippen LogP contribution < -0.4 is 9.30 Å². The average molecular weight is 366 g/mol. The van der Waals surface area contributed by atoms with Gasteiger partial charge in [0, 0.05) is 35.6 Å². The SMILES string of the molecule is Cc1ccc2c(ccc3n4c(ccc5cc(N6CCCCC6)ccc54)c[n+]23)c1. The van der Waals surface area contributed by atoms with E-state index in [0.717, 1.165) is 0 Å². The summed E-state index contributed by atoms with van der Waals surface area (Å²) in [6, 6.07) is 22.6. The van der Waals surface area contributed by atoms with Crippen molar-refractivity contribution in [2.45, 2.75) is 26.2 Å². The first kappa shape index (κ1) is 15.9. The molecule has 1 fully saturated rings. The number of hydrogen-bond acceptors (Lipinski definition) is 1. The van der Waals surface area contributed by atoms with Crippen LogP contribution in [-0.2, 0) is 0 Å². The number of nitrogens with zero attached hydrogens (tertiary/aromatic N) is 3. The van der Waals surface area contributed by atoms with Crippen LogP contribution in [0.4, 0.5) is 5.69 Å². The van der Waals surface area contributed by atoms with Crippen molar-refractivity contribution in [3.05, 3.63) is 72.4 Å². The number of piperidine rings is 1. The number of benzene rings is 2. The van der Waals surface area contributed by atoms with Crippen molar-refractivity contribution in [3.8, 4) is 0 Å². The molecule has 3 heteroatoms. The summed E-state index contributed by atoms with van der Waals surface area (Å²) in [5.41, 5.74) is 7.62. The maximum Gasteiger partial charge on any atom is 0.292 e. The smallest absolute Gasteiger partial charge is 0.292 e. The zero-order valence-corrected chi connectivity index (χ0v) is 16.2. The first-order valence-electron chi connectivity index (χ1n) is 10.3. The van der Waals surface area contributed by atoms with Crippen LogP contribution in [0.15, 0.2) is 66.9 Å². The zero-order valence-electron chi connectivity index (χ0n) is 16.2. The average Bonchev–Trinajstić information content (AvgIpc) is 3.13. The zero-order chi connectivity index (χ0) is 18.7. The Bertz CT molecular complexity index is 1360. The topological polar surface area (TPSA) is 11.8 Å². The summed E-state index contributed by atoms with van der Waals surface area (Å²) in [7, 11) is 0. The Morgan fingerprint density at radius 3 is 2.54 bits per heavy atom. The molecule has 1 aliphatic rings. The van der Waals surface area contributed by atoms with Crippen molar-refractivity contribution in [3.63, 3.8) is 0 Å². The van der Waals surface area contributed by atoms with E-state index in [4.69, 9.17) is 0 Å². The first-order chi connectivity index (χ1) is 13.8. The normalized spacial score (nSPS) is 15.2. The largest absolute Gasteiger partial charge is 0.372 e. The van der Waals surface area contributed by atoms with Gasteiger partial charge in [-0.2, -0.15) is 8.80 Å². The van der Waals surface area contributed by atoms with E-state index in [1.54, 1.807) is 0 Å². The number of pyridine rings is 2. The lowest BCUT2D eigenvalue weighted by molar-refractivity contribution is -0.479. The van der Waals surface area contributed by atoms with Crippen LogP contribution >= 0.6 is 0 Å². The maximum absolute atomic E-state index is 2.53. The second-order valence-electron chi connectivity index (χ2n) is 8.14. The van der Waals surface area contributed by atoms with Crippen LogP contribution in [0.5, 0.6) is 0 Å². The van der Waals surface area contributed by atoms with Crippen molar-refractivity contribution in [2.75, 3.05) is 18.0 Å². The van der Waals surface area contributed by atoms with Gasteiger partial charge in [0.25, 0.3) is 5.65 Å². The highest BCUT2D eigenvalue weighted by Gasteiger charge is 2.18. The minimum Gasteiger partial charge on any atom is -0.372 e. The van der Waals surface area contributed by atoms with E-state index in [9.17, 15) is 0 Å². The van der Waals surface area contributed by atoms with E-state index < -0.39 is 0 Å². The molecule has 3 aromatic heterocycles. The summed E-state index contributed by atoms with van der Waals surface area (Å²) in [5.74, 6) is 0. The highest BCUT2D eigenvalue weighted by molar-refractivity contribution is 5.88. The highest BCUT2D eigenvalue weighted by Crippen LogP contribution is 2.27. The van der Waals surface area contributed by atoms with Crippen molar-refractivity contribution in [2.24, 2.45) is 0 Å². The van der Waals surface area contributed by atoms with Crippen LogP contribution in [0, 0.1) is 6.92 Å².